The molecule has 1 atom stereocenters. The lowest BCUT2D eigenvalue weighted by molar-refractivity contribution is 0.0139. The van der Waals surface area contributed by atoms with Gasteiger partial charge >= 0.3 is 6.09 Å². The molecule has 1 aliphatic rings. The Morgan fingerprint density at radius 2 is 2.21 bits per heavy atom. The first-order valence-corrected chi connectivity index (χ1v) is 8.46. The van der Waals surface area contributed by atoms with Gasteiger partial charge in [0.25, 0.3) is 0 Å². The van der Waals surface area contributed by atoms with E-state index in [9.17, 15) is 4.79 Å². The molecule has 0 aliphatic carbocycles. The predicted molar refractivity (Wildman–Crippen MR) is 92.2 cm³/mol. The van der Waals surface area contributed by atoms with Crippen LogP contribution in [0.5, 0.6) is 5.75 Å². The van der Waals surface area contributed by atoms with Gasteiger partial charge in [0.15, 0.2) is 0 Å². The molecule has 1 amide bonds. The molecule has 24 heavy (non-hydrogen) atoms. The minimum Gasteiger partial charge on any atom is -0.493 e. The van der Waals surface area contributed by atoms with Crippen LogP contribution in [0.1, 0.15) is 39.2 Å². The molecule has 1 saturated heterocycles. The number of halogens is 1. The molecule has 1 fully saturated rings. The van der Waals surface area contributed by atoms with Crippen molar-refractivity contribution >= 4 is 17.7 Å². The second-order valence-electron chi connectivity index (χ2n) is 7.00. The minimum atomic E-state index is -0.486. The number of nitrogens with zero attached hydrogens (tertiary/aromatic N) is 2. The van der Waals surface area contributed by atoms with Crippen molar-refractivity contribution in [2.45, 2.75) is 39.2 Å². The SMILES string of the molecule is CC(C)(C)OC(=O)N1CCC[C@@H](COc2ccc(C#N)c(Cl)c2)C1. The van der Waals surface area contributed by atoms with Crippen molar-refractivity contribution < 1.29 is 14.3 Å². The van der Waals surface area contributed by atoms with Crippen molar-refractivity contribution in [1.29, 1.82) is 5.26 Å². The highest BCUT2D eigenvalue weighted by atomic mass is 35.5. The second kappa shape index (κ2) is 7.76. The number of ether oxygens (including phenoxy) is 2. The van der Waals surface area contributed by atoms with Crippen LogP contribution in [0.2, 0.25) is 5.02 Å². The number of hydrogen-bond acceptors (Lipinski definition) is 4. The number of carbonyl (C=O) groups is 1. The summed E-state index contributed by atoms with van der Waals surface area (Å²) >= 11 is 6.01. The zero-order valence-electron chi connectivity index (χ0n) is 14.3. The summed E-state index contributed by atoms with van der Waals surface area (Å²) < 4.78 is 11.2. The Kier molecular flexibility index (Phi) is 5.95. The Bertz CT molecular complexity index is 634. The number of amides is 1. The third-order valence-electron chi connectivity index (χ3n) is 3.72. The standard InChI is InChI=1S/C18H23ClN2O3/c1-18(2,3)24-17(22)21-8-4-5-13(11-21)12-23-15-7-6-14(10-20)16(19)9-15/h6-7,9,13H,4-5,8,11-12H2,1-3H3/t13-/m1/s1. The van der Waals surface area contributed by atoms with Crippen molar-refractivity contribution in [3.8, 4) is 11.8 Å². The molecular formula is C18H23ClN2O3. The maximum absolute atomic E-state index is 12.2. The molecule has 0 spiro atoms. The van der Waals surface area contributed by atoms with Gasteiger partial charge in [-0.1, -0.05) is 11.6 Å². The maximum Gasteiger partial charge on any atom is 0.410 e. The third kappa shape index (κ3) is 5.31. The van der Waals surface area contributed by atoms with Gasteiger partial charge in [0, 0.05) is 25.1 Å². The smallest absolute Gasteiger partial charge is 0.410 e. The normalized spacial score (nSPS) is 18.0. The summed E-state index contributed by atoms with van der Waals surface area (Å²) in [6.07, 6.45) is 1.67. The first kappa shape index (κ1) is 18.4. The number of hydrogen-bond donors (Lipinski definition) is 0. The number of rotatable bonds is 3. The minimum absolute atomic E-state index is 0.251. The molecule has 0 N–H and O–H groups in total. The van der Waals surface area contributed by atoms with E-state index < -0.39 is 5.60 Å². The number of carbonyl (C=O) groups excluding carboxylic acids is 1. The van der Waals surface area contributed by atoms with Crippen LogP contribution in [0.25, 0.3) is 0 Å². The quantitative estimate of drug-likeness (QED) is 0.818. The Hall–Kier alpha value is -1.93. The van der Waals surface area contributed by atoms with Crippen LogP contribution < -0.4 is 4.74 Å². The van der Waals surface area contributed by atoms with Crippen LogP contribution >= 0.6 is 11.6 Å². The van der Waals surface area contributed by atoms with Gasteiger partial charge in [-0.2, -0.15) is 5.26 Å². The summed E-state index contributed by atoms with van der Waals surface area (Å²) in [7, 11) is 0. The Morgan fingerprint density at radius 3 is 2.83 bits per heavy atom. The van der Waals surface area contributed by atoms with E-state index in [0.29, 0.717) is 36.0 Å². The average Bonchev–Trinajstić information content (AvgIpc) is 2.52. The first-order chi connectivity index (χ1) is 11.3. The van der Waals surface area contributed by atoms with E-state index in [1.54, 1.807) is 23.1 Å². The lowest BCUT2D eigenvalue weighted by atomic mass is 9.99. The first-order valence-electron chi connectivity index (χ1n) is 8.09. The van der Waals surface area contributed by atoms with Gasteiger partial charge < -0.3 is 14.4 Å². The number of likely N-dealkylation sites (tertiary alicyclic amines) is 1. The molecule has 1 heterocycles. The fourth-order valence-electron chi connectivity index (χ4n) is 2.58. The zero-order valence-corrected chi connectivity index (χ0v) is 15.1. The van der Waals surface area contributed by atoms with Crippen molar-refractivity contribution in [2.24, 2.45) is 5.92 Å². The van der Waals surface area contributed by atoms with E-state index in [4.69, 9.17) is 26.3 Å². The van der Waals surface area contributed by atoms with Gasteiger partial charge in [-0.3, -0.25) is 0 Å². The average molecular weight is 351 g/mol. The topological polar surface area (TPSA) is 62.6 Å². The van der Waals surface area contributed by atoms with Gasteiger partial charge in [-0.15, -0.1) is 0 Å². The number of nitriles is 1. The fourth-order valence-corrected chi connectivity index (χ4v) is 2.80. The zero-order chi connectivity index (χ0) is 17.7. The fraction of sp³-hybridized carbons (Fsp3) is 0.556. The van der Waals surface area contributed by atoms with Crippen LogP contribution in [-0.4, -0.2) is 36.3 Å². The molecular weight excluding hydrogens is 328 g/mol. The molecule has 130 valence electrons. The summed E-state index contributed by atoms with van der Waals surface area (Å²) in [5, 5.41) is 9.26. The summed E-state index contributed by atoms with van der Waals surface area (Å²) in [4.78, 5) is 13.9. The summed E-state index contributed by atoms with van der Waals surface area (Å²) in [6, 6.07) is 7.05. The van der Waals surface area contributed by atoms with E-state index in [1.807, 2.05) is 26.8 Å². The van der Waals surface area contributed by atoms with Crippen molar-refractivity contribution in [1.82, 2.24) is 4.90 Å². The van der Waals surface area contributed by atoms with Crippen molar-refractivity contribution in [3.63, 3.8) is 0 Å². The molecule has 1 aromatic carbocycles. The summed E-state index contributed by atoms with van der Waals surface area (Å²) in [5.74, 6) is 0.883. The summed E-state index contributed by atoms with van der Waals surface area (Å²) in [6.45, 7) is 7.44. The molecule has 1 aromatic rings. The van der Waals surface area contributed by atoms with E-state index in [0.717, 1.165) is 12.8 Å². The Balaban J connectivity index is 1.88. The summed E-state index contributed by atoms with van der Waals surface area (Å²) in [5.41, 5.74) is -0.0578. The molecule has 0 radical (unpaired) electrons. The lowest BCUT2D eigenvalue weighted by Gasteiger charge is -2.34. The van der Waals surface area contributed by atoms with Gasteiger partial charge in [-0.05, 0) is 45.7 Å². The molecule has 1 aliphatic heterocycles. The van der Waals surface area contributed by atoms with Crippen molar-refractivity contribution in [3.05, 3.63) is 28.8 Å². The molecule has 5 nitrogen and oxygen atoms in total. The van der Waals surface area contributed by atoms with Gasteiger partial charge in [-0.25, -0.2) is 4.79 Å². The van der Waals surface area contributed by atoms with Gasteiger partial charge in [0.05, 0.1) is 17.2 Å². The highest BCUT2D eigenvalue weighted by Gasteiger charge is 2.27. The number of benzene rings is 1. The molecule has 0 saturated carbocycles. The van der Waals surface area contributed by atoms with E-state index in [-0.39, 0.29) is 12.0 Å². The molecule has 0 aromatic heterocycles. The lowest BCUT2D eigenvalue weighted by Crippen LogP contribution is -2.44. The maximum atomic E-state index is 12.2. The van der Waals surface area contributed by atoms with E-state index in [2.05, 4.69) is 0 Å². The molecule has 6 heteroatoms. The molecule has 0 bridgehead atoms. The largest absolute Gasteiger partial charge is 0.493 e. The Labute approximate surface area is 148 Å². The van der Waals surface area contributed by atoms with Crippen LogP contribution in [0.4, 0.5) is 4.79 Å². The monoisotopic (exact) mass is 350 g/mol. The van der Waals surface area contributed by atoms with Gasteiger partial charge in [0.1, 0.15) is 17.4 Å². The Morgan fingerprint density at radius 1 is 1.46 bits per heavy atom. The van der Waals surface area contributed by atoms with E-state index >= 15 is 0 Å². The van der Waals surface area contributed by atoms with Crippen LogP contribution in [-0.2, 0) is 4.74 Å². The third-order valence-corrected chi connectivity index (χ3v) is 4.03. The van der Waals surface area contributed by atoms with Gasteiger partial charge in [0.2, 0.25) is 0 Å². The molecule has 0 unspecified atom stereocenters. The second-order valence-corrected chi connectivity index (χ2v) is 7.41. The van der Waals surface area contributed by atoms with E-state index in [1.165, 1.54) is 0 Å². The van der Waals surface area contributed by atoms with Crippen LogP contribution in [0, 0.1) is 17.2 Å². The number of piperidine rings is 1. The predicted octanol–water partition coefficient (Wildman–Crippen LogP) is 4.24. The van der Waals surface area contributed by atoms with Crippen LogP contribution in [0.3, 0.4) is 0 Å². The van der Waals surface area contributed by atoms with Crippen LogP contribution in [0.15, 0.2) is 18.2 Å². The highest BCUT2D eigenvalue weighted by Crippen LogP contribution is 2.24. The highest BCUT2D eigenvalue weighted by molar-refractivity contribution is 6.31. The molecule has 2 rings (SSSR count). The van der Waals surface area contributed by atoms with Crippen molar-refractivity contribution in [2.75, 3.05) is 19.7 Å².